The maximum absolute atomic E-state index is 14.3. The Morgan fingerprint density at radius 2 is 0.981 bits per heavy atom. The summed E-state index contributed by atoms with van der Waals surface area (Å²) in [6.07, 6.45) is 12.2. The number of carbonyl (C=O) groups excluding carboxylic acids is 6. The molecule has 3 atom stereocenters. The molecule has 4 bridgehead atoms. The zero-order valence-corrected chi connectivity index (χ0v) is 60.3. The third-order valence-electron chi connectivity index (χ3n) is 18.3. The topological polar surface area (TPSA) is 305 Å². The second-order valence-electron chi connectivity index (χ2n) is 25.7. The maximum atomic E-state index is 14.3. The fourth-order valence-corrected chi connectivity index (χ4v) is 13.1. The lowest BCUT2D eigenvalue weighted by atomic mass is 10.1. The van der Waals surface area contributed by atoms with Crippen LogP contribution in [0.5, 0.6) is 17.2 Å². The summed E-state index contributed by atoms with van der Waals surface area (Å²) >= 11 is 16.7. The van der Waals surface area contributed by atoms with Gasteiger partial charge in [-0.3, -0.25) is 38.4 Å². The van der Waals surface area contributed by atoms with Crippen LogP contribution in [-0.2, 0) is 37.6 Å². The van der Waals surface area contributed by atoms with Crippen molar-refractivity contribution in [3.05, 3.63) is 258 Å². The van der Waals surface area contributed by atoms with Crippen LogP contribution >= 0.6 is 34.8 Å². The molecule has 8 aromatic rings. The van der Waals surface area contributed by atoms with E-state index in [1.165, 1.54) is 42.3 Å². The minimum Gasteiger partial charge on any atom is -0.503 e. The number of hydrogen-bond donors (Lipinski definition) is 6. The molecular formula is C76H74Cl3F6N9O14. The lowest BCUT2D eigenvalue weighted by Gasteiger charge is -2.35. The quantitative estimate of drug-likeness (QED) is 0.0280. The van der Waals surface area contributed by atoms with Crippen LogP contribution < -0.4 is 52.8 Å². The normalized spacial score (nSPS) is 16.3. The summed E-state index contributed by atoms with van der Waals surface area (Å²) in [5, 5.41) is 18.8. The second-order valence-corrected chi connectivity index (χ2v) is 26.8. The van der Waals surface area contributed by atoms with Gasteiger partial charge in [-0.15, -0.1) is 0 Å². The van der Waals surface area contributed by atoms with Gasteiger partial charge in [-0.25, -0.2) is 31.1 Å². The number of aromatic nitrogens is 2. The minimum absolute atomic E-state index is 0.0225. The van der Waals surface area contributed by atoms with Gasteiger partial charge in [-0.05, 0) is 94.2 Å². The van der Waals surface area contributed by atoms with Crippen LogP contribution in [0.1, 0.15) is 167 Å². The molecule has 8 heterocycles. The number of nitrogens with zero attached hydrogens (tertiary/aromatic N) is 4. The van der Waals surface area contributed by atoms with E-state index in [1.807, 2.05) is 30.3 Å². The number of rotatable bonds is 17. The Morgan fingerprint density at radius 1 is 0.556 bits per heavy atom. The van der Waals surface area contributed by atoms with Crippen molar-refractivity contribution < 1.29 is 78.8 Å². The van der Waals surface area contributed by atoms with Gasteiger partial charge in [0.2, 0.25) is 22.0 Å². The molecule has 5 aliphatic heterocycles. The van der Waals surface area contributed by atoms with Crippen molar-refractivity contribution in [3.63, 3.8) is 0 Å². The fraction of sp³-hybridized carbons (Fsp3) is 0.329. The number of halogens is 9. The van der Waals surface area contributed by atoms with E-state index in [9.17, 15) is 74.6 Å². The Labute approximate surface area is 628 Å². The van der Waals surface area contributed by atoms with E-state index in [0.717, 1.165) is 93.8 Å². The first-order valence-corrected chi connectivity index (χ1v) is 35.7. The zero-order valence-electron chi connectivity index (χ0n) is 58.1. The fourth-order valence-electron chi connectivity index (χ4n) is 12.5. The van der Waals surface area contributed by atoms with Gasteiger partial charge in [0, 0.05) is 87.5 Å². The van der Waals surface area contributed by atoms with E-state index in [-0.39, 0.29) is 102 Å². The van der Waals surface area contributed by atoms with Crippen molar-refractivity contribution in [2.24, 2.45) is 5.73 Å². The Balaban J connectivity index is 0.000000165. The molecule has 108 heavy (non-hydrogen) atoms. The number of nitrogens with two attached hydrogens (primary N) is 1. The number of carbonyl (C=O) groups is 6. The monoisotopic (exact) mass is 1560 g/mol. The highest BCUT2D eigenvalue weighted by Crippen LogP contribution is 2.35. The highest BCUT2D eigenvalue weighted by Gasteiger charge is 2.39. The second kappa shape index (κ2) is 36.9. The van der Waals surface area contributed by atoms with Gasteiger partial charge in [-0.1, -0.05) is 120 Å². The SMILES string of the molecule is CCOC(=O)c1occ(C(=O)NCc2ccc(F)c(Cl)c2F)c(=O)c1OCc1ccccc1.N[C@@H]1CCCCNC1.O=C(NCc1ccc(F)c(Cl)c1F)c1cn2c(c(O)c1=O)C(=O)N1CCCC[C@@H]2C1.O=C(NCc1ccc(F)c(Cl)c1F)c1cn2c(c(OCc3ccccc3)c1=O)C(=O)N1CCCC[C@@H]2C1. The molecule has 23 nitrogen and oxygen atoms in total. The minimum atomic E-state index is -1.03. The smallest absolute Gasteiger partial charge is 0.378 e. The molecule has 3 saturated heterocycles. The first-order valence-electron chi connectivity index (χ1n) is 34.6. The summed E-state index contributed by atoms with van der Waals surface area (Å²) in [7, 11) is 0. The van der Waals surface area contributed by atoms with Crippen molar-refractivity contribution >= 4 is 70.3 Å². The number of nitrogens with one attached hydrogen (secondary N) is 4. The molecule has 0 unspecified atom stereocenters. The van der Waals surface area contributed by atoms with Gasteiger partial charge in [0.1, 0.15) is 86.1 Å². The van der Waals surface area contributed by atoms with E-state index in [2.05, 4.69) is 21.3 Å². The molecule has 3 aromatic heterocycles. The summed E-state index contributed by atoms with van der Waals surface area (Å²) in [6, 6.07) is 24.4. The summed E-state index contributed by atoms with van der Waals surface area (Å²) in [5.41, 5.74) is 3.27. The number of esters is 1. The summed E-state index contributed by atoms with van der Waals surface area (Å²) < 4.78 is 107. The Hall–Kier alpha value is -10.5. The molecule has 3 fully saturated rings. The number of hydrogen-bond acceptors (Lipinski definition) is 16. The van der Waals surface area contributed by atoms with Crippen LogP contribution in [0.15, 0.2) is 135 Å². The van der Waals surface area contributed by atoms with Gasteiger partial charge in [0.15, 0.2) is 22.9 Å². The number of amides is 5. The van der Waals surface area contributed by atoms with E-state index >= 15 is 0 Å². The van der Waals surface area contributed by atoms with Crippen LogP contribution in [0.2, 0.25) is 15.1 Å². The maximum Gasteiger partial charge on any atom is 0.378 e. The van der Waals surface area contributed by atoms with E-state index in [4.69, 9.17) is 59.2 Å². The number of ether oxygens (including phenoxy) is 3. The standard InChI is InChI=1S/C27H24ClF2N3O4.C23H18ClF2NO6.C20H18ClF2N3O4.C6H14N2/c28-21-20(29)10-9-17(22(21)30)12-31-26(35)19-14-33-18-8-4-5-11-32(13-18)27(36)23(33)25(24(19)34)37-15-16-6-2-1-3-7-16;1-2-31-23(30)21-20(32-11-13-6-4-3-5-7-13)19(28)15(12-33-21)22(29)27-10-14-8-9-16(25)17(24)18(14)26;21-14-13(22)5-4-10(15(14)23)7-24-19(29)12-9-26-11-3-1-2-6-25(8-11)20(30)16(26)18(28)17(12)27;7-6-3-1-2-4-8-5-6/h1-3,6-7,9-10,14,18H,4-5,8,11-13,15H2,(H,31,35);3-9,12H,2,10-11H2,1H3,(H,27,29);4-5,9,11,28H,1-3,6-8H2,(H,24,29);6,8H,1-5,7H2/t18-;;11-;6-/m1.11/s1. The number of fused-ring (bicyclic) bond motifs is 8. The van der Waals surface area contributed by atoms with Gasteiger partial charge in [0.25, 0.3) is 35.3 Å². The van der Waals surface area contributed by atoms with E-state index in [0.29, 0.717) is 37.8 Å². The van der Waals surface area contributed by atoms with Crippen LogP contribution in [0.3, 0.4) is 0 Å². The average molecular weight is 1560 g/mol. The number of benzene rings is 5. The van der Waals surface area contributed by atoms with Crippen LogP contribution in [-0.4, -0.2) is 111 Å². The molecule has 5 amide bonds. The molecule has 32 heteroatoms. The molecule has 13 rings (SSSR count). The highest BCUT2D eigenvalue weighted by atomic mass is 35.5. The summed E-state index contributed by atoms with van der Waals surface area (Å²) in [6.45, 7) is 4.74. The van der Waals surface area contributed by atoms with Crippen molar-refractivity contribution in [1.82, 2.24) is 40.2 Å². The summed E-state index contributed by atoms with van der Waals surface area (Å²) in [5.74, 6) is -12.0. The van der Waals surface area contributed by atoms with E-state index < -0.39 is 119 Å². The van der Waals surface area contributed by atoms with Crippen LogP contribution in [0.25, 0.3) is 0 Å². The lowest BCUT2D eigenvalue weighted by Crippen LogP contribution is -2.44. The lowest BCUT2D eigenvalue weighted by molar-refractivity contribution is 0.0476. The van der Waals surface area contributed by atoms with Gasteiger partial charge in [-0.2, -0.15) is 0 Å². The Kier molecular flexibility index (Phi) is 27.4. The van der Waals surface area contributed by atoms with Crippen molar-refractivity contribution in [3.8, 4) is 17.2 Å². The number of pyridine rings is 2. The number of aromatic hydroxyl groups is 1. The van der Waals surface area contributed by atoms with Crippen LogP contribution in [0, 0.1) is 34.9 Å². The molecule has 7 N–H and O–H groups in total. The van der Waals surface area contributed by atoms with Crippen LogP contribution in [0.4, 0.5) is 26.3 Å². The molecule has 5 aromatic carbocycles. The van der Waals surface area contributed by atoms with E-state index in [1.54, 1.807) is 51.6 Å². The molecule has 570 valence electrons. The molecule has 0 saturated carbocycles. The highest BCUT2D eigenvalue weighted by molar-refractivity contribution is 6.31. The third kappa shape index (κ3) is 18.9. The Bertz CT molecular complexity index is 4880. The predicted molar refractivity (Wildman–Crippen MR) is 385 cm³/mol. The van der Waals surface area contributed by atoms with Crippen molar-refractivity contribution in [1.29, 1.82) is 0 Å². The van der Waals surface area contributed by atoms with Crippen molar-refractivity contribution in [2.45, 2.75) is 116 Å². The third-order valence-corrected chi connectivity index (χ3v) is 19.3. The largest absolute Gasteiger partial charge is 0.503 e. The molecule has 0 spiro atoms. The Morgan fingerprint density at radius 3 is 1.46 bits per heavy atom. The van der Waals surface area contributed by atoms with Crippen molar-refractivity contribution in [2.75, 3.05) is 45.9 Å². The molecule has 5 aliphatic rings. The molecular weight excluding hydrogens is 1480 g/mol. The van der Waals surface area contributed by atoms with Gasteiger partial charge < -0.3 is 69.7 Å². The molecule has 0 aliphatic carbocycles. The summed E-state index contributed by atoms with van der Waals surface area (Å²) in [4.78, 5) is 119. The first-order chi connectivity index (χ1) is 51.9. The van der Waals surface area contributed by atoms with Gasteiger partial charge >= 0.3 is 5.97 Å². The molecule has 0 radical (unpaired) electrons. The predicted octanol–water partition coefficient (Wildman–Crippen LogP) is 11.4. The first kappa shape index (κ1) is 80.1. The van der Waals surface area contributed by atoms with Gasteiger partial charge in [0.05, 0.1) is 18.7 Å². The average Bonchev–Trinajstić information content (AvgIpc) is 1.05. The zero-order chi connectivity index (χ0) is 77.5.